The fourth-order valence-electron chi connectivity index (χ4n) is 4.35. The predicted molar refractivity (Wildman–Crippen MR) is 126 cm³/mol. The van der Waals surface area contributed by atoms with Crippen LogP contribution in [-0.4, -0.2) is 43.6 Å². The summed E-state index contributed by atoms with van der Waals surface area (Å²) in [5.41, 5.74) is 1.49. The molecule has 9 heteroatoms. The van der Waals surface area contributed by atoms with E-state index >= 15 is 0 Å². The molecule has 1 heterocycles. The fraction of sp³-hybridized carbons (Fsp3) is 0.440. The molecule has 2 aliphatic rings. The van der Waals surface area contributed by atoms with Crippen LogP contribution >= 0.6 is 0 Å². The third-order valence-corrected chi connectivity index (χ3v) is 6.33. The van der Waals surface area contributed by atoms with Crippen molar-refractivity contribution in [1.29, 1.82) is 0 Å². The lowest BCUT2D eigenvalue weighted by Crippen LogP contribution is -2.34. The van der Waals surface area contributed by atoms with Crippen LogP contribution in [-0.2, 0) is 9.53 Å². The third kappa shape index (κ3) is 5.65. The number of non-ortho nitro benzene ring substituents is 1. The number of hydrogen-bond acceptors (Lipinski definition) is 7. The van der Waals surface area contributed by atoms with Crippen LogP contribution in [0.2, 0.25) is 0 Å². The van der Waals surface area contributed by atoms with E-state index in [-0.39, 0.29) is 17.3 Å². The molecule has 34 heavy (non-hydrogen) atoms. The summed E-state index contributed by atoms with van der Waals surface area (Å²) in [7, 11) is 1.60. The van der Waals surface area contributed by atoms with E-state index in [0.29, 0.717) is 11.6 Å². The van der Waals surface area contributed by atoms with Gasteiger partial charge in [-0.1, -0.05) is 12.1 Å². The number of nitro benzene ring substituents is 1. The van der Waals surface area contributed by atoms with Crippen LogP contribution in [0, 0.1) is 16.0 Å². The van der Waals surface area contributed by atoms with Crippen LogP contribution in [0.3, 0.4) is 0 Å². The van der Waals surface area contributed by atoms with Crippen LogP contribution in [0.5, 0.6) is 5.75 Å². The normalized spacial score (nSPS) is 16.4. The Morgan fingerprint density at radius 1 is 1.12 bits per heavy atom. The van der Waals surface area contributed by atoms with Crippen molar-refractivity contribution in [3.8, 4) is 5.75 Å². The third-order valence-electron chi connectivity index (χ3n) is 6.33. The number of ether oxygens (including phenoxy) is 2. The van der Waals surface area contributed by atoms with E-state index in [0.717, 1.165) is 56.5 Å². The minimum atomic E-state index is -0.744. The van der Waals surface area contributed by atoms with Gasteiger partial charge in [-0.25, -0.2) is 4.79 Å². The van der Waals surface area contributed by atoms with Gasteiger partial charge >= 0.3 is 5.97 Å². The van der Waals surface area contributed by atoms with E-state index in [4.69, 9.17) is 9.47 Å². The number of hydrogen-bond donors (Lipinski definition) is 1. The number of esters is 1. The van der Waals surface area contributed by atoms with E-state index in [9.17, 15) is 19.7 Å². The summed E-state index contributed by atoms with van der Waals surface area (Å²) >= 11 is 0. The number of nitrogens with zero attached hydrogens (tertiary/aromatic N) is 2. The van der Waals surface area contributed by atoms with Gasteiger partial charge in [0.15, 0.2) is 6.61 Å². The number of rotatable bonds is 9. The average molecular weight is 468 g/mol. The number of carbonyl (C=O) groups is 2. The van der Waals surface area contributed by atoms with E-state index in [1.165, 1.54) is 12.1 Å². The van der Waals surface area contributed by atoms with Crippen molar-refractivity contribution in [1.82, 2.24) is 5.32 Å². The maximum Gasteiger partial charge on any atom is 0.341 e. The number of nitrogens with one attached hydrogen (secondary N) is 1. The van der Waals surface area contributed by atoms with E-state index in [1.54, 1.807) is 13.2 Å². The van der Waals surface area contributed by atoms with Gasteiger partial charge in [0.2, 0.25) is 0 Å². The molecule has 0 aromatic heterocycles. The molecular weight excluding hydrogens is 438 g/mol. The second kappa shape index (κ2) is 10.5. The van der Waals surface area contributed by atoms with Crippen LogP contribution in [0.25, 0.3) is 0 Å². The largest absolute Gasteiger partial charge is 0.497 e. The van der Waals surface area contributed by atoms with Crippen molar-refractivity contribution in [2.75, 3.05) is 31.7 Å². The Labute approximate surface area is 198 Å². The highest BCUT2D eigenvalue weighted by Crippen LogP contribution is 2.41. The first kappa shape index (κ1) is 23.5. The van der Waals surface area contributed by atoms with Crippen LogP contribution in [0.15, 0.2) is 42.5 Å². The van der Waals surface area contributed by atoms with Gasteiger partial charge < -0.3 is 19.7 Å². The molecule has 2 fully saturated rings. The van der Waals surface area contributed by atoms with Gasteiger partial charge in [0, 0.05) is 25.2 Å². The number of anilines is 1. The molecule has 0 radical (unpaired) electrons. The van der Waals surface area contributed by atoms with Gasteiger partial charge in [-0.3, -0.25) is 14.9 Å². The molecule has 4 rings (SSSR count). The Balaban J connectivity index is 1.43. The lowest BCUT2D eigenvalue weighted by atomic mass is 10.0. The van der Waals surface area contributed by atoms with Gasteiger partial charge in [0.05, 0.1) is 29.3 Å². The Kier molecular flexibility index (Phi) is 7.30. The molecule has 9 nitrogen and oxygen atoms in total. The Bertz CT molecular complexity index is 1050. The van der Waals surface area contributed by atoms with Crippen molar-refractivity contribution < 1.29 is 24.0 Å². The maximum atomic E-state index is 12.9. The minimum Gasteiger partial charge on any atom is -0.497 e. The molecule has 1 saturated heterocycles. The number of benzene rings is 2. The average Bonchev–Trinajstić information content (AvgIpc) is 3.71. The summed E-state index contributed by atoms with van der Waals surface area (Å²) in [5.74, 6) is -0.0756. The van der Waals surface area contributed by atoms with Crippen LogP contribution in [0.1, 0.15) is 54.1 Å². The highest BCUT2D eigenvalue weighted by Gasteiger charge is 2.33. The van der Waals surface area contributed by atoms with E-state index < -0.39 is 23.4 Å². The molecule has 1 saturated carbocycles. The monoisotopic (exact) mass is 467 g/mol. The molecule has 2 aromatic carbocycles. The van der Waals surface area contributed by atoms with Crippen molar-refractivity contribution in [3.05, 3.63) is 63.7 Å². The molecule has 1 atom stereocenters. The van der Waals surface area contributed by atoms with Crippen molar-refractivity contribution in [2.24, 2.45) is 5.92 Å². The molecule has 1 N–H and O–H groups in total. The number of methoxy groups -OCH3 is 1. The predicted octanol–water partition coefficient (Wildman–Crippen LogP) is 4.02. The summed E-state index contributed by atoms with van der Waals surface area (Å²) in [6, 6.07) is 11.6. The zero-order valence-electron chi connectivity index (χ0n) is 19.2. The number of amides is 1. The van der Waals surface area contributed by atoms with Crippen molar-refractivity contribution in [2.45, 2.75) is 38.1 Å². The highest BCUT2D eigenvalue weighted by atomic mass is 16.6. The molecular formula is C25H29N3O6. The maximum absolute atomic E-state index is 12.9. The van der Waals surface area contributed by atoms with Gasteiger partial charge in [-0.05, 0) is 61.8 Å². The van der Waals surface area contributed by atoms with Gasteiger partial charge in [0.1, 0.15) is 5.75 Å². The summed E-state index contributed by atoms with van der Waals surface area (Å²) in [6.45, 7) is 1.08. The second-order valence-corrected chi connectivity index (χ2v) is 8.74. The number of carbonyl (C=O) groups excluding carboxylic acids is 2. The summed E-state index contributed by atoms with van der Waals surface area (Å²) in [4.78, 5) is 38.3. The zero-order chi connectivity index (χ0) is 24.1. The quantitative estimate of drug-likeness (QED) is 0.337. The molecule has 180 valence electrons. The SMILES string of the molecule is COc1ccc(C(NC(=O)COC(=O)c2cc([N+](=O)[O-])ccc2N2CCCCC2)C2CC2)cc1. The second-order valence-electron chi connectivity index (χ2n) is 8.74. The smallest absolute Gasteiger partial charge is 0.341 e. The van der Waals surface area contributed by atoms with Gasteiger partial charge in [0.25, 0.3) is 11.6 Å². The lowest BCUT2D eigenvalue weighted by molar-refractivity contribution is -0.384. The number of nitro groups is 1. The molecule has 1 unspecified atom stereocenters. The molecule has 1 aliphatic carbocycles. The standard InChI is InChI=1S/C25H29N3O6/c1-33-20-10-7-18(8-11-20)24(17-5-6-17)26-23(29)16-34-25(30)21-15-19(28(31)32)9-12-22(21)27-13-3-2-4-14-27/h7-12,15,17,24H,2-6,13-14,16H2,1H3,(H,26,29). The van der Waals surface area contributed by atoms with E-state index in [1.807, 2.05) is 29.2 Å². The topological polar surface area (TPSA) is 111 Å². The minimum absolute atomic E-state index is 0.109. The van der Waals surface area contributed by atoms with Crippen LogP contribution in [0.4, 0.5) is 11.4 Å². The summed E-state index contributed by atoms with van der Waals surface area (Å²) in [6.07, 6.45) is 5.12. The molecule has 2 aromatic rings. The Morgan fingerprint density at radius 3 is 2.44 bits per heavy atom. The summed E-state index contributed by atoms with van der Waals surface area (Å²) < 4.78 is 10.5. The molecule has 0 bridgehead atoms. The highest BCUT2D eigenvalue weighted by molar-refractivity contribution is 5.97. The number of piperidine rings is 1. The summed E-state index contributed by atoms with van der Waals surface area (Å²) in [5, 5.41) is 14.2. The first-order valence-electron chi connectivity index (χ1n) is 11.6. The molecule has 0 spiro atoms. The first-order valence-corrected chi connectivity index (χ1v) is 11.6. The van der Waals surface area contributed by atoms with Crippen molar-refractivity contribution >= 4 is 23.3 Å². The Morgan fingerprint density at radius 2 is 1.82 bits per heavy atom. The Hall–Kier alpha value is -3.62. The first-order chi connectivity index (χ1) is 16.5. The van der Waals surface area contributed by atoms with Crippen LogP contribution < -0.4 is 15.0 Å². The van der Waals surface area contributed by atoms with Crippen molar-refractivity contribution in [3.63, 3.8) is 0 Å². The lowest BCUT2D eigenvalue weighted by Gasteiger charge is -2.30. The molecule has 1 amide bonds. The zero-order valence-corrected chi connectivity index (χ0v) is 19.2. The molecule has 1 aliphatic heterocycles. The fourth-order valence-corrected chi connectivity index (χ4v) is 4.35. The van der Waals surface area contributed by atoms with Gasteiger partial charge in [-0.15, -0.1) is 0 Å². The van der Waals surface area contributed by atoms with Gasteiger partial charge in [-0.2, -0.15) is 0 Å². The van der Waals surface area contributed by atoms with E-state index in [2.05, 4.69) is 5.32 Å².